The molecule has 0 N–H and O–H groups in total. The van der Waals surface area contributed by atoms with Gasteiger partial charge in [0.2, 0.25) is 0 Å². The van der Waals surface area contributed by atoms with Gasteiger partial charge in [0.25, 0.3) is 0 Å². The molecule has 0 spiro atoms. The van der Waals surface area contributed by atoms with E-state index in [-0.39, 0.29) is 5.60 Å². The minimum Gasteiger partial charge on any atom is -0.376 e. The van der Waals surface area contributed by atoms with Gasteiger partial charge in [0, 0.05) is 0 Å². The molecule has 0 heterocycles. The Morgan fingerprint density at radius 3 is 2.20 bits per heavy atom. The van der Waals surface area contributed by atoms with Crippen molar-refractivity contribution in [3.05, 3.63) is 0 Å². The maximum atomic E-state index is 5.63. The number of hydrogen-bond donors (Lipinski definition) is 0. The van der Waals surface area contributed by atoms with Gasteiger partial charge in [-0.1, -0.05) is 6.42 Å². The molecule has 0 saturated heterocycles. The van der Waals surface area contributed by atoms with Crippen LogP contribution >= 0.6 is 0 Å². The maximum absolute atomic E-state index is 5.63. The predicted octanol–water partition coefficient (Wildman–Crippen LogP) is 2.60. The van der Waals surface area contributed by atoms with E-state index in [1.807, 2.05) is 0 Å². The lowest BCUT2D eigenvalue weighted by molar-refractivity contribution is -0.0353. The lowest BCUT2D eigenvalue weighted by Crippen LogP contribution is -2.26. The Labute approximate surface area is 63.8 Å². The fraction of sp³-hybridized carbons (Fsp3) is 1.00. The summed E-state index contributed by atoms with van der Waals surface area (Å²) in [5, 5.41) is 0. The van der Waals surface area contributed by atoms with Crippen molar-refractivity contribution in [2.75, 3.05) is 6.61 Å². The molecule has 0 aliphatic heterocycles. The van der Waals surface area contributed by atoms with Crippen LogP contribution in [0.15, 0.2) is 0 Å². The van der Waals surface area contributed by atoms with Gasteiger partial charge in [-0.3, -0.25) is 0 Å². The van der Waals surface area contributed by atoms with E-state index in [1.165, 1.54) is 19.3 Å². The summed E-state index contributed by atoms with van der Waals surface area (Å²) in [4.78, 5) is 0. The fourth-order valence-corrected chi connectivity index (χ4v) is 1.03. The Kier molecular flexibility index (Phi) is 2.35. The highest BCUT2D eigenvalue weighted by molar-refractivity contribution is 4.70. The van der Waals surface area contributed by atoms with Crippen LogP contribution in [-0.2, 0) is 4.74 Å². The molecule has 0 aromatic heterocycles. The van der Waals surface area contributed by atoms with Crippen LogP contribution in [0.3, 0.4) is 0 Å². The molecule has 0 amide bonds. The molecule has 1 fully saturated rings. The zero-order chi connectivity index (χ0) is 7.61. The van der Waals surface area contributed by atoms with E-state index in [0.717, 1.165) is 12.5 Å². The molecule has 1 heteroatoms. The predicted molar refractivity (Wildman–Crippen MR) is 43.0 cm³/mol. The fourth-order valence-electron chi connectivity index (χ4n) is 1.03. The Morgan fingerprint density at radius 2 is 1.90 bits per heavy atom. The average molecular weight is 142 g/mol. The standard InChI is InChI=1S/C9H18O/c1-9(2,3)10-7-8-5-4-6-8/h8H,4-7H2,1-3H3. The molecule has 1 rings (SSSR count). The summed E-state index contributed by atoms with van der Waals surface area (Å²) in [5.41, 5.74) is 0.0651. The summed E-state index contributed by atoms with van der Waals surface area (Å²) in [7, 11) is 0. The van der Waals surface area contributed by atoms with Crippen molar-refractivity contribution in [1.29, 1.82) is 0 Å². The first-order valence-corrected chi connectivity index (χ1v) is 4.22. The second-order valence-corrected chi connectivity index (χ2v) is 4.22. The summed E-state index contributed by atoms with van der Waals surface area (Å²) >= 11 is 0. The topological polar surface area (TPSA) is 9.23 Å². The molecule has 0 bridgehead atoms. The second-order valence-electron chi connectivity index (χ2n) is 4.22. The first-order chi connectivity index (χ1) is 4.58. The third kappa shape index (κ3) is 2.70. The Morgan fingerprint density at radius 1 is 1.30 bits per heavy atom. The monoisotopic (exact) mass is 142 g/mol. The van der Waals surface area contributed by atoms with Crippen LogP contribution in [0.1, 0.15) is 40.0 Å². The largest absolute Gasteiger partial charge is 0.376 e. The smallest absolute Gasteiger partial charge is 0.0598 e. The molecule has 0 atom stereocenters. The van der Waals surface area contributed by atoms with Crippen molar-refractivity contribution in [3.8, 4) is 0 Å². The highest BCUT2D eigenvalue weighted by Crippen LogP contribution is 2.27. The maximum Gasteiger partial charge on any atom is 0.0598 e. The Balaban J connectivity index is 2.04. The molecule has 0 radical (unpaired) electrons. The quantitative estimate of drug-likeness (QED) is 0.576. The van der Waals surface area contributed by atoms with Crippen LogP contribution in [0.5, 0.6) is 0 Å². The van der Waals surface area contributed by atoms with Crippen molar-refractivity contribution >= 4 is 0 Å². The van der Waals surface area contributed by atoms with E-state index in [4.69, 9.17) is 4.74 Å². The Bertz CT molecular complexity index is 97.8. The molecule has 0 aromatic carbocycles. The average Bonchev–Trinajstić information content (AvgIpc) is 1.56. The van der Waals surface area contributed by atoms with Gasteiger partial charge in [-0.05, 0) is 39.5 Å². The van der Waals surface area contributed by atoms with Gasteiger partial charge in [0.1, 0.15) is 0 Å². The summed E-state index contributed by atoms with van der Waals surface area (Å²) in [6.07, 6.45) is 4.18. The molecule has 1 aliphatic carbocycles. The molecule has 10 heavy (non-hydrogen) atoms. The zero-order valence-corrected chi connectivity index (χ0v) is 7.31. The summed E-state index contributed by atoms with van der Waals surface area (Å²) in [6.45, 7) is 7.33. The molecule has 0 unspecified atom stereocenters. The molecule has 1 aliphatic rings. The van der Waals surface area contributed by atoms with Gasteiger partial charge < -0.3 is 4.74 Å². The van der Waals surface area contributed by atoms with Crippen LogP contribution in [-0.4, -0.2) is 12.2 Å². The van der Waals surface area contributed by atoms with E-state index in [1.54, 1.807) is 0 Å². The number of ether oxygens (including phenoxy) is 1. The lowest BCUT2D eigenvalue weighted by Gasteiger charge is -2.29. The third-order valence-electron chi connectivity index (χ3n) is 1.98. The van der Waals surface area contributed by atoms with Crippen molar-refractivity contribution in [2.45, 2.75) is 45.6 Å². The van der Waals surface area contributed by atoms with Gasteiger partial charge in [-0.2, -0.15) is 0 Å². The molecule has 1 nitrogen and oxygen atoms in total. The third-order valence-corrected chi connectivity index (χ3v) is 1.98. The molecule has 0 aromatic rings. The SMILES string of the molecule is CC(C)(C)OCC1CCC1. The van der Waals surface area contributed by atoms with Crippen LogP contribution in [0.4, 0.5) is 0 Å². The minimum absolute atomic E-state index is 0.0651. The van der Waals surface area contributed by atoms with Crippen molar-refractivity contribution in [1.82, 2.24) is 0 Å². The van der Waals surface area contributed by atoms with Gasteiger partial charge in [0.05, 0.1) is 12.2 Å². The van der Waals surface area contributed by atoms with Crippen molar-refractivity contribution in [2.24, 2.45) is 5.92 Å². The van der Waals surface area contributed by atoms with Gasteiger partial charge in [-0.15, -0.1) is 0 Å². The first kappa shape index (κ1) is 8.06. The van der Waals surface area contributed by atoms with Crippen LogP contribution in [0.2, 0.25) is 0 Å². The van der Waals surface area contributed by atoms with Gasteiger partial charge >= 0.3 is 0 Å². The highest BCUT2D eigenvalue weighted by Gasteiger charge is 2.20. The summed E-state index contributed by atoms with van der Waals surface area (Å²) in [6, 6.07) is 0. The van der Waals surface area contributed by atoms with Gasteiger partial charge in [-0.25, -0.2) is 0 Å². The van der Waals surface area contributed by atoms with E-state index >= 15 is 0 Å². The Hall–Kier alpha value is -0.0400. The minimum atomic E-state index is 0.0651. The molecule has 60 valence electrons. The van der Waals surface area contributed by atoms with Crippen LogP contribution in [0.25, 0.3) is 0 Å². The summed E-state index contributed by atoms with van der Waals surface area (Å²) in [5.74, 6) is 0.874. The van der Waals surface area contributed by atoms with E-state index in [0.29, 0.717) is 0 Å². The van der Waals surface area contributed by atoms with Gasteiger partial charge in [0.15, 0.2) is 0 Å². The van der Waals surface area contributed by atoms with Crippen LogP contribution < -0.4 is 0 Å². The molecule has 1 saturated carbocycles. The highest BCUT2D eigenvalue weighted by atomic mass is 16.5. The van der Waals surface area contributed by atoms with E-state index < -0.39 is 0 Å². The summed E-state index contributed by atoms with van der Waals surface area (Å²) < 4.78 is 5.63. The molecular weight excluding hydrogens is 124 g/mol. The lowest BCUT2D eigenvalue weighted by atomic mass is 9.86. The molecular formula is C9H18O. The van der Waals surface area contributed by atoms with Crippen LogP contribution in [0, 0.1) is 5.92 Å². The zero-order valence-electron chi connectivity index (χ0n) is 7.31. The van der Waals surface area contributed by atoms with E-state index in [9.17, 15) is 0 Å². The number of rotatable bonds is 2. The normalized spacial score (nSPS) is 20.7. The van der Waals surface area contributed by atoms with Crippen molar-refractivity contribution < 1.29 is 4.74 Å². The second kappa shape index (κ2) is 2.91. The number of hydrogen-bond acceptors (Lipinski definition) is 1. The van der Waals surface area contributed by atoms with E-state index in [2.05, 4.69) is 20.8 Å². The first-order valence-electron chi connectivity index (χ1n) is 4.22. The van der Waals surface area contributed by atoms with Crippen molar-refractivity contribution in [3.63, 3.8) is 0 Å².